The molecule has 0 radical (unpaired) electrons. The Morgan fingerprint density at radius 2 is 1.88 bits per heavy atom. The summed E-state index contributed by atoms with van der Waals surface area (Å²) in [6, 6.07) is 15.3. The van der Waals surface area contributed by atoms with E-state index < -0.39 is 5.60 Å². The first kappa shape index (κ1) is 25.7. The van der Waals surface area contributed by atoms with Gasteiger partial charge in [-0.15, -0.1) is 0 Å². The fraction of sp³-hybridized carbons (Fsp3) is 0.500. The number of benzene rings is 2. The number of aryl methyl sites for hydroxylation is 1. The van der Waals surface area contributed by atoms with Crippen LogP contribution in [0.1, 0.15) is 50.5 Å². The van der Waals surface area contributed by atoms with E-state index in [1.807, 2.05) is 60.4 Å². The van der Waals surface area contributed by atoms with Crippen LogP contribution in [0.2, 0.25) is 0 Å². The van der Waals surface area contributed by atoms with Crippen molar-refractivity contribution in [2.45, 2.75) is 74.4 Å². The van der Waals surface area contributed by atoms with E-state index in [9.17, 15) is 14.7 Å². The fourth-order valence-electron chi connectivity index (χ4n) is 9.15. The van der Waals surface area contributed by atoms with Crippen molar-refractivity contribution in [1.82, 2.24) is 16.0 Å². The maximum absolute atomic E-state index is 13.9. The number of piperidine rings is 1. The van der Waals surface area contributed by atoms with Crippen molar-refractivity contribution in [3.05, 3.63) is 64.7 Å². The highest BCUT2D eigenvalue weighted by atomic mass is 32.2. The van der Waals surface area contributed by atoms with E-state index in [4.69, 9.17) is 4.74 Å². The molecule has 9 heteroatoms. The zero-order chi connectivity index (χ0) is 27.9. The van der Waals surface area contributed by atoms with Crippen LogP contribution in [0.15, 0.2) is 59.1 Å². The lowest BCUT2D eigenvalue weighted by Crippen LogP contribution is -2.65. The summed E-state index contributed by atoms with van der Waals surface area (Å²) in [5.74, 6) is 2.36. The zero-order valence-electron chi connectivity index (χ0n) is 23.2. The van der Waals surface area contributed by atoms with Crippen LogP contribution in [0, 0.1) is 24.7 Å². The van der Waals surface area contributed by atoms with Crippen molar-refractivity contribution < 1.29 is 19.4 Å². The van der Waals surface area contributed by atoms with E-state index in [2.05, 4.69) is 16.0 Å². The van der Waals surface area contributed by atoms with Crippen LogP contribution in [-0.4, -0.2) is 46.1 Å². The van der Waals surface area contributed by atoms with Crippen molar-refractivity contribution in [2.75, 3.05) is 11.4 Å². The van der Waals surface area contributed by atoms with Crippen LogP contribution in [0.5, 0.6) is 11.5 Å². The lowest BCUT2D eigenvalue weighted by atomic mass is 9.51. The molecular formula is C32H36N4O4S. The number of nitrogens with zero attached hydrogens (tertiary/aromatic N) is 1. The molecule has 3 aliphatic heterocycles. The van der Waals surface area contributed by atoms with Crippen molar-refractivity contribution >= 4 is 29.4 Å². The van der Waals surface area contributed by atoms with Crippen molar-refractivity contribution in [3.63, 3.8) is 0 Å². The van der Waals surface area contributed by atoms with Gasteiger partial charge in [0.2, 0.25) is 0 Å². The number of hydrogen-bond donors (Lipinski definition) is 4. The monoisotopic (exact) mass is 572 g/mol. The minimum atomic E-state index is -0.641. The summed E-state index contributed by atoms with van der Waals surface area (Å²) >= 11 is 1.55. The fourth-order valence-corrected chi connectivity index (χ4v) is 10.5. The molecule has 6 fully saturated rings. The predicted octanol–water partition coefficient (Wildman–Crippen LogP) is 4.78. The van der Waals surface area contributed by atoms with Gasteiger partial charge < -0.3 is 25.8 Å². The Bertz CT molecular complexity index is 1450. The molecule has 2 aromatic carbocycles. The van der Waals surface area contributed by atoms with Gasteiger partial charge in [0.25, 0.3) is 5.91 Å². The van der Waals surface area contributed by atoms with Crippen LogP contribution in [0.25, 0.3) is 0 Å². The topological polar surface area (TPSA) is 103 Å². The Balaban J connectivity index is 1.06. The minimum Gasteiger partial charge on any atom is -0.457 e. The molecule has 2 aromatic rings. The number of hydrogen-bond acceptors (Lipinski definition) is 6. The molecule has 9 rings (SSSR count). The van der Waals surface area contributed by atoms with Gasteiger partial charge in [0.1, 0.15) is 11.5 Å². The van der Waals surface area contributed by atoms with E-state index in [0.29, 0.717) is 23.2 Å². The van der Waals surface area contributed by atoms with E-state index in [1.54, 1.807) is 11.8 Å². The molecule has 7 atom stereocenters. The molecule has 4 saturated carbocycles. The first-order chi connectivity index (χ1) is 19.8. The molecule has 3 heterocycles. The van der Waals surface area contributed by atoms with Crippen LogP contribution in [0.4, 0.5) is 10.5 Å². The van der Waals surface area contributed by atoms with E-state index >= 15 is 0 Å². The molecule has 4 bridgehead atoms. The number of para-hydroxylation sites is 1. The summed E-state index contributed by atoms with van der Waals surface area (Å²) in [5, 5.41) is 21.4. The van der Waals surface area contributed by atoms with Crippen LogP contribution in [-0.2, 0) is 4.79 Å². The second kappa shape index (κ2) is 9.24. The molecule has 5 unspecified atom stereocenters. The molecule has 4 aliphatic carbocycles. The number of nitrogens with one attached hydrogen (secondary N) is 3. The highest BCUT2D eigenvalue weighted by molar-refractivity contribution is 8.04. The van der Waals surface area contributed by atoms with E-state index in [-0.39, 0.29) is 34.8 Å². The second-order valence-corrected chi connectivity index (χ2v) is 14.4. The van der Waals surface area contributed by atoms with Gasteiger partial charge >= 0.3 is 6.03 Å². The number of ether oxygens (including phenoxy) is 1. The maximum atomic E-state index is 13.9. The van der Waals surface area contributed by atoms with E-state index in [0.717, 1.165) is 67.1 Å². The van der Waals surface area contributed by atoms with Crippen LogP contribution >= 0.6 is 11.8 Å². The molecule has 2 saturated heterocycles. The number of anilines is 1. The molecule has 8 nitrogen and oxygen atoms in total. The van der Waals surface area contributed by atoms with Crippen molar-refractivity contribution in [1.29, 1.82) is 0 Å². The maximum Gasteiger partial charge on any atom is 0.326 e. The number of rotatable bonds is 5. The Morgan fingerprint density at radius 1 is 1.10 bits per heavy atom. The Hall–Kier alpha value is -3.01. The Labute approximate surface area is 244 Å². The standard InChI is InChI=1S/C32H36N4O4S/c1-18-11-22(40-21-5-3-2-4-6-21)7-8-23(18)36-24-9-10-33-29-25(24)26(34-30(36)38)27(41-29)28(37)35-31-13-19-12-20(14-31)16-32(39,15-19)17-31/h2-8,11,19-20,24-25,29,33,39H,9-10,12-17H2,1H3,(H,34,38)(H,35,37)/t19-,20+,24?,25?,29?,31?,32?. The molecule has 7 aliphatic rings. The van der Waals surface area contributed by atoms with Gasteiger partial charge in [0.15, 0.2) is 0 Å². The molecule has 41 heavy (non-hydrogen) atoms. The summed E-state index contributed by atoms with van der Waals surface area (Å²) in [6.07, 6.45) is 6.24. The lowest BCUT2D eigenvalue weighted by Gasteiger charge is -2.60. The van der Waals surface area contributed by atoms with Crippen molar-refractivity contribution in [2.24, 2.45) is 17.8 Å². The quantitative estimate of drug-likeness (QED) is 0.411. The van der Waals surface area contributed by atoms with Gasteiger partial charge in [-0.2, -0.15) is 0 Å². The van der Waals surface area contributed by atoms with Crippen molar-refractivity contribution in [3.8, 4) is 11.5 Å². The number of carbonyl (C=O) groups excluding carboxylic acids is 2. The first-order valence-corrected chi connectivity index (χ1v) is 15.8. The number of aliphatic hydroxyl groups is 1. The van der Waals surface area contributed by atoms with Gasteiger partial charge in [-0.05, 0) is 106 Å². The third-order valence-corrected chi connectivity index (χ3v) is 11.5. The Kier molecular flexibility index (Phi) is 5.79. The number of carbonyl (C=O) groups is 2. The third kappa shape index (κ3) is 4.27. The van der Waals surface area contributed by atoms with Gasteiger partial charge in [0, 0.05) is 22.8 Å². The average molecular weight is 573 g/mol. The second-order valence-electron chi connectivity index (χ2n) is 13.2. The summed E-state index contributed by atoms with van der Waals surface area (Å²) in [5.41, 5.74) is 1.59. The average Bonchev–Trinajstić information content (AvgIpc) is 3.28. The zero-order valence-corrected chi connectivity index (χ0v) is 24.0. The SMILES string of the molecule is Cc1cc(Oc2ccccc2)ccc1N1C(=O)NC2=C(C(=O)NC34C[C@@H]5C[C@@H](CC(O)(C5)C3)C4)SC3NCCC1C23. The van der Waals surface area contributed by atoms with E-state index in [1.165, 1.54) is 6.42 Å². The molecule has 4 N–H and O–H groups in total. The summed E-state index contributed by atoms with van der Waals surface area (Å²) < 4.78 is 6.03. The summed E-state index contributed by atoms with van der Waals surface area (Å²) in [4.78, 5) is 30.2. The number of urea groups is 1. The predicted molar refractivity (Wildman–Crippen MR) is 158 cm³/mol. The highest BCUT2D eigenvalue weighted by Crippen LogP contribution is 2.58. The number of amides is 3. The highest BCUT2D eigenvalue weighted by Gasteiger charge is 2.59. The smallest absolute Gasteiger partial charge is 0.326 e. The van der Waals surface area contributed by atoms with Crippen LogP contribution in [0.3, 0.4) is 0 Å². The van der Waals surface area contributed by atoms with Gasteiger partial charge in [-0.25, -0.2) is 4.79 Å². The molecule has 0 spiro atoms. The molecule has 3 amide bonds. The Morgan fingerprint density at radius 3 is 2.61 bits per heavy atom. The first-order valence-electron chi connectivity index (χ1n) is 14.9. The lowest BCUT2D eigenvalue weighted by molar-refractivity contribution is -0.149. The van der Waals surface area contributed by atoms with Gasteiger partial charge in [-0.1, -0.05) is 30.0 Å². The molecule has 214 valence electrons. The molecular weight excluding hydrogens is 536 g/mol. The number of thioether (sulfide) groups is 1. The minimum absolute atomic E-state index is 0.00704. The normalized spacial score (nSPS) is 36.7. The van der Waals surface area contributed by atoms with Gasteiger partial charge in [0.05, 0.1) is 21.9 Å². The molecule has 0 aromatic heterocycles. The third-order valence-electron chi connectivity index (χ3n) is 10.2. The summed E-state index contributed by atoms with van der Waals surface area (Å²) in [6.45, 7) is 2.78. The summed E-state index contributed by atoms with van der Waals surface area (Å²) in [7, 11) is 0. The largest absolute Gasteiger partial charge is 0.457 e. The van der Waals surface area contributed by atoms with Gasteiger partial charge in [-0.3, -0.25) is 9.69 Å². The van der Waals surface area contributed by atoms with Crippen LogP contribution < -0.4 is 25.6 Å².